The van der Waals surface area contributed by atoms with Gasteiger partial charge in [0.2, 0.25) is 0 Å². The Labute approximate surface area is 192 Å². The van der Waals surface area contributed by atoms with Crippen LogP contribution in [0.3, 0.4) is 0 Å². The molecule has 4 nitrogen and oxygen atoms in total. The van der Waals surface area contributed by atoms with Crippen LogP contribution in [-0.4, -0.2) is 14.5 Å². The highest BCUT2D eigenvalue weighted by Gasteiger charge is 2.23. The van der Waals surface area contributed by atoms with E-state index in [-0.39, 0.29) is 5.41 Å². The van der Waals surface area contributed by atoms with Gasteiger partial charge in [-0.25, -0.2) is 4.98 Å². The van der Waals surface area contributed by atoms with Gasteiger partial charge in [0.15, 0.2) is 0 Å². The summed E-state index contributed by atoms with van der Waals surface area (Å²) >= 11 is 0. The molecule has 33 heavy (non-hydrogen) atoms. The summed E-state index contributed by atoms with van der Waals surface area (Å²) in [5, 5.41) is 2.27. The quantitative estimate of drug-likeness (QED) is 0.284. The second-order valence-electron chi connectivity index (χ2n) is 9.65. The monoisotopic (exact) mass is 431 g/mol. The van der Waals surface area contributed by atoms with Crippen LogP contribution in [0.2, 0.25) is 0 Å². The van der Waals surface area contributed by atoms with E-state index in [1.165, 1.54) is 5.56 Å². The number of benzene rings is 3. The predicted octanol–water partition coefficient (Wildman–Crippen LogP) is 7.59. The van der Waals surface area contributed by atoms with E-state index < -0.39 is 0 Å². The van der Waals surface area contributed by atoms with E-state index in [4.69, 9.17) is 14.4 Å². The first-order chi connectivity index (χ1) is 15.9. The van der Waals surface area contributed by atoms with Crippen molar-refractivity contribution in [2.24, 2.45) is 0 Å². The van der Waals surface area contributed by atoms with Gasteiger partial charge >= 0.3 is 0 Å². The Morgan fingerprint density at radius 2 is 1.64 bits per heavy atom. The first-order valence-electron chi connectivity index (χ1n) is 11.3. The number of aryl methyl sites for hydroxylation is 1. The van der Waals surface area contributed by atoms with Crippen molar-refractivity contribution in [3.05, 3.63) is 90.3 Å². The first kappa shape index (κ1) is 19.7. The number of aromatic nitrogens is 3. The van der Waals surface area contributed by atoms with Crippen LogP contribution in [0.1, 0.15) is 32.0 Å². The largest absolute Gasteiger partial charge is 0.455 e. The molecule has 6 rings (SSSR count). The Balaban J connectivity index is 1.73. The third-order valence-corrected chi connectivity index (χ3v) is 6.30. The third kappa shape index (κ3) is 3.05. The van der Waals surface area contributed by atoms with Crippen LogP contribution in [0.4, 0.5) is 0 Å². The van der Waals surface area contributed by atoms with Gasteiger partial charge in [0, 0.05) is 27.6 Å². The van der Waals surface area contributed by atoms with Crippen LogP contribution in [0.5, 0.6) is 0 Å². The molecule has 0 amide bonds. The van der Waals surface area contributed by atoms with Crippen LogP contribution in [0, 0.1) is 6.92 Å². The lowest BCUT2D eigenvalue weighted by atomic mass is 9.91. The van der Waals surface area contributed by atoms with Gasteiger partial charge < -0.3 is 4.42 Å². The normalized spacial score (nSPS) is 12.2. The van der Waals surface area contributed by atoms with E-state index in [1.54, 1.807) is 0 Å². The number of hydrogen-bond acceptors (Lipinski definition) is 3. The van der Waals surface area contributed by atoms with Crippen molar-refractivity contribution in [1.29, 1.82) is 0 Å². The first-order valence-corrected chi connectivity index (χ1v) is 11.3. The van der Waals surface area contributed by atoms with Gasteiger partial charge in [0.1, 0.15) is 22.5 Å². The van der Waals surface area contributed by atoms with Crippen molar-refractivity contribution in [3.63, 3.8) is 0 Å². The molecule has 0 aliphatic carbocycles. The van der Waals surface area contributed by atoms with Gasteiger partial charge in [0.05, 0.1) is 17.3 Å². The summed E-state index contributed by atoms with van der Waals surface area (Å²) in [4.78, 5) is 9.80. The number of hydrogen-bond donors (Lipinski definition) is 0. The standard InChI is InChI=1S/C29H25N3O/c1-18-14-15-21(27-26(18)20-12-8-9-13-24(20)33-27)28-31-22-17-30-25(29(2,3)4)16-23(22)32(28)19-10-6-5-7-11-19/h5-17H,1-4H3. The van der Waals surface area contributed by atoms with Crippen LogP contribution < -0.4 is 0 Å². The zero-order valence-electron chi connectivity index (χ0n) is 19.3. The molecular formula is C29H25N3O. The molecule has 3 aromatic carbocycles. The minimum absolute atomic E-state index is 0.0595. The highest BCUT2D eigenvalue weighted by atomic mass is 16.3. The van der Waals surface area contributed by atoms with Gasteiger partial charge in [-0.05, 0) is 42.8 Å². The maximum atomic E-state index is 6.41. The molecule has 3 aromatic heterocycles. The average molecular weight is 432 g/mol. The fraction of sp³-hybridized carbons (Fsp3) is 0.172. The molecule has 4 heteroatoms. The lowest BCUT2D eigenvalue weighted by Gasteiger charge is -2.18. The van der Waals surface area contributed by atoms with Gasteiger partial charge in [0.25, 0.3) is 0 Å². The van der Waals surface area contributed by atoms with Crippen LogP contribution in [-0.2, 0) is 5.41 Å². The molecule has 0 aliphatic heterocycles. The maximum absolute atomic E-state index is 6.41. The van der Waals surface area contributed by atoms with E-state index in [0.29, 0.717) is 0 Å². The molecule has 0 radical (unpaired) electrons. The number of fused-ring (bicyclic) bond motifs is 4. The molecule has 0 N–H and O–H groups in total. The van der Waals surface area contributed by atoms with Crippen molar-refractivity contribution in [2.45, 2.75) is 33.1 Å². The molecule has 0 saturated heterocycles. The molecule has 3 heterocycles. The molecule has 0 bridgehead atoms. The van der Waals surface area contributed by atoms with Crippen LogP contribution in [0.25, 0.3) is 50.0 Å². The molecule has 162 valence electrons. The number of para-hydroxylation sites is 2. The summed E-state index contributed by atoms with van der Waals surface area (Å²) in [6.45, 7) is 8.68. The molecule has 0 aliphatic rings. The molecule has 0 atom stereocenters. The minimum atomic E-state index is -0.0595. The summed E-state index contributed by atoms with van der Waals surface area (Å²) in [7, 11) is 0. The summed E-state index contributed by atoms with van der Waals surface area (Å²) in [6.07, 6.45) is 1.89. The minimum Gasteiger partial charge on any atom is -0.455 e. The Kier molecular flexibility index (Phi) is 4.21. The fourth-order valence-corrected chi connectivity index (χ4v) is 4.58. The van der Waals surface area contributed by atoms with E-state index in [2.05, 4.69) is 86.9 Å². The number of rotatable bonds is 2. The van der Waals surface area contributed by atoms with Crippen LogP contribution >= 0.6 is 0 Å². The van der Waals surface area contributed by atoms with E-state index in [1.807, 2.05) is 24.4 Å². The smallest absolute Gasteiger partial charge is 0.149 e. The lowest BCUT2D eigenvalue weighted by molar-refractivity contribution is 0.570. The summed E-state index contributed by atoms with van der Waals surface area (Å²) in [5.74, 6) is 0.855. The van der Waals surface area contributed by atoms with Gasteiger partial charge in [-0.1, -0.05) is 63.2 Å². The zero-order chi connectivity index (χ0) is 22.7. The molecule has 0 saturated carbocycles. The summed E-state index contributed by atoms with van der Waals surface area (Å²) < 4.78 is 8.64. The fourth-order valence-electron chi connectivity index (χ4n) is 4.58. The van der Waals surface area contributed by atoms with Crippen molar-refractivity contribution >= 4 is 33.0 Å². The molecule has 6 aromatic rings. The Morgan fingerprint density at radius 1 is 0.879 bits per heavy atom. The second-order valence-corrected chi connectivity index (χ2v) is 9.65. The van der Waals surface area contributed by atoms with Gasteiger partial charge in [-0.3, -0.25) is 9.55 Å². The lowest BCUT2D eigenvalue weighted by Crippen LogP contribution is -2.13. The third-order valence-electron chi connectivity index (χ3n) is 6.30. The summed E-state index contributed by atoms with van der Waals surface area (Å²) in [6, 6.07) is 25.1. The van der Waals surface area contributed by atoms with Crippen molar-refractivity contribution in [1.82, 2.24) is 14.5 Å². The molecule has 0 unspecified atom stereocenters. The molecule has 0 fully saturated rings. The Bertz CT molecular complexity index is 1650. The van der Waals surface area contributed by atoms with E-state index in [0.717, 1.165) is 55.7 Å². The maximum Gasteiger partial charge on any atom is 0.149 e. The SMILES string of the molecule is Cc1ccc(-c2nc3cnc(C(C)(C)C)cc3n2-c2ccccc2)c2oc3ccccc3c12. The number of furan rings is 1. The van der Waals surface area contributed by atoms with Crippen LogP contribution in [0.15, 0.2) is 83.4 Å². The van der Waals surface area contributed by atoms with Crippen molar-refractivity contribution in [3.8, 4) is 17.1 Å². The van der Waals surface area contributed by atoms with Gasteiger partial charge in [-0.2, -0.15) is 0 Å². The highest BCUT2D eigenvalue weighted by molar-refractivity contribution is 6.11. The Hall–Kier alpha value is -3.92. The van der Waals surface area contributed by atoms with Crippen molar-refractivity contribution in [2.75, 3.05) is 0 Å². The topological polar surface area (TPSA) is 43.9 Å². The van der Waals surface area contributed by atoms with Crippen molar-refractivity contribution < 1.29 is 4.42 Å². The summed E-state index contributed by atoms with van der Waals surface area (Å²) in [5.41, 5.74) is 7.88. The Morgan fingerprint density at radius 3 is 2.42 bits per heavy atom. The van der Waals surface area contributed by atoms with E-state index in [9.17, 15) is 0 Å². The van der Waals surface area contributed by atoms with Gasteiger partial charge in [-0.15, -0.1) is 0 Å². The average Bonchev–Trinajstić information content (AvgIpc) is 3.38. The predicted molar refractivity (Wildman–Crippen MR) is 135 cm³/mol. The molecular weight excluding hydrogens is 406 g/mol. The number of nitrogens with zero attached hydrogens (tertiary/aromatic N) is 3. The van der Waals surface area contributed by atoms with E-state index >= 15 is 0 Å². The number of pyridine rings is 1. The zero-order valence-corrected chi connectivity index (χ0v) is 19.3. The highest BCUT2D eigenvalue weighted by Crippen LogP contribution is 2.39. The molecule has 0 spiro atoms. The second kappa shape index (κ2) is 7.04. The number of imidazole rings is 1.